The lowest BCUT2D eigenvalue weighted by Crippen LogP contribution is -2.36. The molecule has 1 aliphatic rings. The first-order valence-corrected chi connectivity index (χ1v) is 8.32. The van der Waals surface area contributed by atoms with Crippen LogP contribution in [0.5, 0.6) is 0 Å². The van der Waals surface area contributed by atoms with E-state index in [9.17, 15) is 22.8 Å². The summed E-state index contributed by atoms with van der Waals surface area (Å²) in [4.78, 5) is 26.1. The van der Waals surface area contributed by atoms with Gasteiger partial charge in [-0.05, 0) is 43.1 Å². The molecule has 1 fully saturated rings. The Balaban J connectivity index is 1.75. The van der Waals surface area contributed by atoms with E-state index in [1.165, 1.54) is 16.7 Å². The zero-order valence-electron chi connectivity index (χ0n) is 14.8. The lowest BCUT2D eigenvalue weighted by atomic mass is 10.1. The molecule has 0 spiro atoms. The van der Waals surface area contributed by atoms with Crippen molar-refractivity contribution >= 4 is 23.3 Å². The topological polar surface area (TPSA) is 64.7 Å². The Kier molecular flexibility index (Phi) is 6.47. The third-order valence-electron chi connectivity index (χ3n) is 4.31. The number of hydrogen-bond acceptors (Lipinski definition) is 3. The van der Waals surface area contributed by atoms with E-state index in [1.807, 2.05) is 0 Å². The molecule has 0 aliphatic carbocycles. The quantitative estimate of drug-likeness (QED) is 0.835. The molecule has 144 valence electrons. The molecule has 2 N–H and O–H groups in total. The van der Waals surface area contributed by atoms with Gasteiger partial charge in [0.1, 0.15) is 0 Å². The average molecular weight is 372 g/mol. The highest BCUT2D eigenvalue weighted by Crippen LogP contribution is 2.22. The molecule has 1 saturated heterocycles. The number of amides is 3. The van der Waals surface area contributed by atoms with Crippen LogP contribution in [0.3, 0.4) is 0 Å². The van der Waals surface area contributed by atoms with Gasteiger partial charge in [0, 0.05) is 38.4 Å². The zero-order valence-corrected chi connectivity index (χ0v) is 14.8. The summed E-state index contributed by atoms with van der Waals surface area (Å²) < 4.78 is 37.1. The van der Waals surface area contributed by atoms with Gasteiger partial charge in [-0.15, -0.1) is 0 Å². The van der Waals surface area contributed by atoms with Crippen LogP contribution >= 0.6 is 0 Å². The predicted molar refractivity (Wildman–Crippen MR) is 93.1 cm³/mol. The number of carbonyl (C=O) groups is 2. The van der Waals surface area contributed by atoms with E-state index in [1.54, 1.807) is 31.3 Å². The Morgan fingerprint density at radius 1 is 1.27 bits per heavy atom. The predicted octanol–water partition coefficient (Wildman–Crippen LogP) is 2.68. The van der Waals surface area contributed by atoms with E-state index in [0.717, 1.165) is 0 Å². The molecular formula is C17H23F3N4O2. The fourth-order valence-corrected chi connectivity index (χ4v) is 2.84. The van der Waals surface area contributed by atoms with Gasteiger partial charge in [-0.25, -0.2) is 4.79 Å². The minimum Gasteiger partial charge on any atom is -0.338 e. The molecular weight excluding hydrogens is 349 g/mol. The normalized spacial score (nSPS) is 17.8. The summed E-state index contributed by atoms with van der Waals surface area (Å²) in [5.41, 5.74) is 1.27. The van der Waals surface area contributed by atoms with Crippen molar-refractivity contribution in [3.63, 3.8) is 0 Å². The molecule has 9 heteroatoms. The molecule has 1 unspecified atom stereocenters. The molecule has 0 bridgehead atoms. The Bertz CT molecular complexity index is 634. The van der Waals surface area contributed by atoms with Gasteiger partial charge >= 0.3 is 12.2 Å². The van der Waals surface area contributed by atoms with Crippen LogP contribution in [0.4, 0.5) is 29.3 Å². The maximum atomic E-state index is 12.4. The number of halogens is 3. The van der Waals surface area contributed by atoms with Crippen molar-refractivity contribution in [1.82, 2.24) is 10.2 Å². The van der Waals surface area contributed by atoms with Crippen LogP contribution in [0, 0.1) is 5.92 Å². The molecule has 1 atom stereocenters. The van der Waals surface area contributed by atoms with E-state index < -0.39 is 18.8 Å². The van der Waals surface area contributed by atoms with Crippen molar-refractivity contribution in [2.24, 2.45) is 5.92 Å². The number of nitrogens with one attached hydrogen (secondary N) is 2. The fraction of sp³-hybridized carbons (Fsp3) is 0.529. The minimum atomic E-state index is -4.19. The van der Waals surface area contributed by atoms with E-state index >= 15 is 0 Å². The van der Waals surface area contributed by atoms with Crippen molar-refractivity contribution in [2.75, 3.05) is 43.4 Å². The van der Waals surface area contributed by atoms with Crippen LogP contribution in [0.25, 0.3) is 0 Å². The molecule has 0 saturated carbocycles. The largest absolute Gasteiger partial charge is 0.401 e. The number of anilines is 2. The number of nitrogens with zero attached hydrogens (tertiary/aromatic N) is 2. The van der Waals surface area contributed by atoms with Crippen molar-refractivity contribution < 1.29 is 22.8 Å². The summed E-state index contributed by atoms with van der Waals surface area (Å²) in [5.74, 6) is -0.0886. The van der Waals surface area contributed by atoms with Crippen molar-refractivity contribution in [2.45, 2.75) is 19.5 Å². The molecule has 1 heterocycles. The summed E-state index contributed by atoms with van der Waals surface area (Å²) in [6, 6.07) is 6.36. The van der Waals surface area contributed by atoms with Crippen LogP contribution in [0.1, 0.15) is 13.3 Å². The SMILES string of the molecule is CC(=O)N(C)c1ccc(NC(=O)NCC2CCN(CC(F)(F)F)C2)cc1. The number of benzene rings is 1. The number of urea groups is 1. The molecule has 3 amide bonds. The number of hydrogen-bond donors (Lipinski definition) is 2. The third-order valence-corrected chi connectivity index (χ3v) is 4.31. The summed E-state index contributed by atoms with van der Waals surface area (Å²) in [6.45, 7) is 1.59. The Morgan fingerprint density at radius 3 is 2.50 bits per heavy atom. The molecule has 6 nitrogen and oxygen atoms in total. The second-order valence-electron chi connectivity index (χ2n) is 6.46. The zero-order chi connectivity index (χ0) is 19.3. The first kappa shape index (κ1) is 20.0. The monoisotopic (exact) mass is 372 g/mol. The van der Waals surface area contributed by atoms with Crippen molar-refractivity contribution in [3.05, 3.63) is 24.3 Å². The Hall–Kier alpha value is -2.29. The summed E-state index contributed by atoms with van der Waals surface area (Å²) in [5, 5.41) is 5.35. The fourth-order valence-electron chi connectivity index (χ4n) is 2.84. The first-order chi connectivity index (χ1) is 12.1. The van der Waals surface area contributed by atoms with Crippen LogP contribution in [-0.2, 0) is 4.79 Å². The molecule has 1 aromatic rings. The lowest BCUT2D eigenvalue weighted by Gasteiger charge is -2.18. The maximum Gasteiger partial charge on any atom is 0.401 e. The van der Waals surface area contributed by atoms with Crippen LogP contribution in [0.2, 0.25) is 0 Å². The molecule has 0 aromatic heterocycles. The Morgan fingerprint density at radius 2 is 1.92 bits per heavy atom. The second-order valence-corrected chi connectivity index (χ2v) is 6.46. The van der Waals surface area contributed by atoms with Crippen LogP contribution < -0.4 is 15.5 Å². The van der Waals surface area contributed by atoms with Gasteiger partial charge in [0.25, 0.3) is 0 Å². The number of carbonyl (C=O) groups excluding carboxylic acids is 2. The number of likely N-dealkylation sites (tertiary alicyclic amines) is 1. The van der Waals surface area contributed by atoms with Gasteiger partial charge in [-0.1, -0.05) is 0 Å². The highest BCUT2D eigenvalue weighted by molar-refractivity contribution is 5.92. The van der Waals surface area contributed by atoms with Crippen LogP contribution in [0.15, 0.2) is 24.3 Å². The smallest absolute Gasteiger partial charge is 0.338 e. The number of rotatable bonds is 5. The molecule has 1 aromatic carbocycles. The lowest BCUT2D eigenvalue weighted by molar-refractivity contribution is -0.143. The molecule has 2 rings (SSSR count). The second kappa shape index (κ2) is 8.39. The van der Waals surface area contributed by atoms with E-state index in [-0.39, 0.29) is 11.8 Å². The van der Waals surface area contributed by atoms with E-state index in [2.05, 4.69) is 10.6 Å². The first-order valence-electron chi connectivity index (χ1n) is 8.32. The van der Waals surface area contributed by atoms with E-state index in [0.29, 0.717) is 37.4 Å². The van der Waals surface area contributed by atoms with Gasteiger partial charge in [0.05, 0.1) is 6.54 Å². The van der Waals surface area contributed by atoms with Crippen LogP contribution in [-0.4, -0.2) is 56.2 Å². The van der Waals surface area contributed by atoms with Gasteiger partial charge in [-0.3, -0.25) is 9.69 Å². The average Bonchev–Trinajstić information content (AvgIpc) is 2.98. The van der Waals surface area contributed by atoms with Crippen molar-refractivity contribution in [1.29, 1.82) is 0 Å². The highest BCUT2D eigenvalue weighted by atomic mass is 19.4. The molecule has 0 radical (unpaired) electrons. The summed E-state index contributed by atoms with van der Waals surface area (Å²) in [6.07, 6.45) is -3.56. The highest BCUT2D eigenvalue weighted by Gasteiger charge is 2.34. The third kappa shape index (κ3) is 6.21. The van der Waals surface area contributed by atoms with Crippen molar-refractivity contribution in [3.8, 4) is 0 Å². The van der Waals surface area contributed by atoms with Gasteiger partial charge in [0.2, 0.25) is 5.91 Å². The molecule has 26 heavy (non-hydrogen) atoms. The molecule has 1 aliphatic heterocycles. The minimum absolute atomic E-state index is 0.00897. The van der Waals surface area contributed by atoms with Gasteiger partial charge in [0.15, 0.2) is 0 Å². The standard InChI is InChI=1S/C17H23F3N4O2/c1-12(25)23(2)15-5-3-14(4-6-15)22-16(26)21-9-13-7-8-24(10-13)11-17(18,19)20/h3-6,13H,7-11H2,1-2H3,(H2,21,22,26). The van der Waals surface area contributed by atoms with E-state index in [4.69, 9.17) is 0 Å². The number of alkyl halides is 3. The Labute approximate surface area is 150 Å². The van der Waals surface area contributed by atoms with Gasteiger partial charge in [-0.2, -0.15) is 13.2 Å². The summed E-state index contributed by atoms with van der Waals surface area (Å²) >= 11 is 0. The van der Waals surface area contributed by atoms with Gasteiger partial charge < -0.3 is 15.5 Å². The maximum absolute atomic E-state index is 12.4. The summed E-state index contributed by atoms with van der Waals surface area (Å²) in [7, 11) is 1.65.